The van der Waals surface area contributed by atoms with E-state index in [9.17, 15) is 4.79 Å². The second-order valence-corrected chi connectivity index (χ2v) is 6.87. The van der Waals surface area contributed by atoms with Crippen LogP contribution >= 0.6 is 0 Å². The summed E-state index contributed by atoms with van der Waals surface area (Å²) in [7, 11) is 0. The van der Waals surface area contributed by atoms with Gasteiger partial charge in [0.1, 0.15) is 12.4 Å². The third-order valence-electron chi connectivity index (χ3n) is 4.84. The van der Waals surface area contributed by atoms with E-state index in [1.54, 1.807) is 0 Å². The highest BCUT2D eigenvalue weighted by Gasteiger charge is 2.17. The zero-order chi connectivity index (χ0) is 19.2. The minimum absolute atomic E-state index is 0.124. The van der Waals surface area contributed by atoms with Crippen LogP contribution < -0.4 is 15.4 Å². The van der Waals surface area contributed by atoms with E-state index in [-0.39, 0.29) is 18.6 Å². The predicted octanol–water partition coefficient (Wildman–Crippen LogP) is 4.45. The molecule has 1 unspecified atom stereocenters. The van der Waals surface area contributed by atoms with Crippen molar-refractivity contribution in [1.29, 1.82) is 0 Å². The Morgan fingerprint density at radius 2 is 1.79 bits per heavy atom. The van der Waals surface area contributed by atoms with E-state index in [2.05, 4.69) is 22.8 Å². The molecule has 1 saturated heterocycles. The molecular weight excluding hydrogens is 352 g/mol. The van der Waals surface area contributed by atoms with Gasteiger partial charge < -0.3 is 20.1 Å². The van der Waals surface area contributed by atoms with E-state index in [4.69, 9.17) is 9.47 Å². The number of hydrogen-bond donors (Lipinski definition) is 2. The molecule has 1 aliphatic heterocycles. The predicted molar refractivity (Wildman–Crippen MR) is 112 cm³/mol. The van der Waals surface area contributed by atoms with Gasteiger partial charge >= 0.3 is 0 Å². The SMILES string of the molecule is O=C(CNc1cccc2ccccc12)Nc1ccccc1OCC1CCCO1. The summed E-state index contributed by atoms with van der Waals surface area (Å²) >= 11 is 0. The van der Waals surface area contributed by atoms with Crippen LogP contribution in [0.5, 0.6) is 5.75 Å². The van der Waals surface area contributed by atoms with Gasteiger partial charge in [-0.05, 0) is 36.4 Å². The molecule has 0 spiro atoms. The summed E-state index contributed by atoms with van der Waals surface area (Å²) in [5.74, 6) is 0.539. The van der Waals surface area contributed by atoms with Crippen LogP contribution in [0.4, 0.5) is 11.4 Å². The summed E-state index contributed by atoms with van der Waals surface area (Å²) < 4.78 is 11.5. The second-order valence-electron chi connectivity index (χ2n) is 6.87. The Bertz CT molecular complexity index is 946. The van der Waals surface area contributed by atoms with E-state index in [1.807, 2.05) is 54.6 Å². The molecule has 1 heterocycles. The van der Waals surface area contributed by atoms with E-state index in [0.717, 1.165) is 35.9 Å². The molecule has 28 heavy (non-hydrogen) atoms. The van der Waals surface area contributed by atoms with E-state index in [1.165, 1.54) is 0 Å². The highest BCUT2D eigenvalue weighted by Crippen LogP contribution is 2.26. The Labute approximate surface area is 164 Å². The van der Waals surface area contributed by atoms with Gasteiger partial charge in [0.15, 0.2) is 0 Å². The Morgan fingerprint density at radius 1 is 1.00 bits per heavy atom. The summed E-state index contributed by atoms with van der Waals surface area (Å²) in [5, 5.41) is 8.40. The van der Waals surface area contributed by atoms with Crippen LogP contribution in [-0.2, 0) is 9.53 Å². The lowest BCUT2D eigenvalue weighted by atomic mass is 10.1. The lowest BCUT2D eigenvalue weighted by Crippen LogP contribution is -2.23. The Hall–Kier alpha value is -3.05. The number of benzene rings is 3. The number of carbonyl (C=O) groups is 1. The van der Waals surface area contributed by atoms with Gasteiger partial charge in [0, 0.05) is 17.7 Å². The maximum Gasteiger partial charge on any atom is 0.243 e. The summed E-state index contributed by atoms with van der Waals surface area (Å²) in [6, 6.07) is 21.6. The third-order valence-corrected chi connectivity index (χ3v) is 4.84. The minimum atomic E-state index is -0.124. The third kappa shape index (κ3) is 4.43. The molecule has 5 heteroatoms. The molecule has 2 N–H and O–H groups in total. The maximum atomic E-state index is 12.5. The fourth-order valence-corrected chi connectivity index (χ4v) is 3.40. The smallest absolute Gasteiger partial charge is 0.243 e. The molecule has 1 amide bonds. The number of ether oxygens (including phenoxy) is 2. The first-order valence-electron chi connectivity index (χ1n) is 9.64. The number of hydrogen-bond acceptors (Lipinski definition) is 4. The molecule has 5 nitrogen and oxygen atoms in total. The number of carbonyl (C=O) groups excluding carboxylic acids is 1. The molecule has 4 rings (SSSR count). The van der Waals surface area contributed by atoms with Crippen LogP contribution in [0.1, 0.15) is 12.8 Å². The van der Waals surface area contributed by atoms with Gasteiger partial charge in [0.2, 0.25) is 5.91 Å². The van der Waals surface area contributed by atoms with Gasteiger partial charge in [-0.25, -0.2) is 0 Å². The van der Waals surface area contributed by atoms with Crippen LogP contribution in [0, 0.1) is 0 Å². The Morgan fingerprint density at radius 3 is 2.68 bits per heavy atom. The van der Waals surface area contributed by atoms with Crippen molar-refractivity contribution in [1.82, 2.24) is 0 Å². The van der Waals surface area contributed by atoms with Crippen LogP contribution in [0.2, 0.25) is 0 Å². The average Bonchev–Trinajstić information content (AvgIpc) is 3.25. The molecule has 1 atom stereocenters. The zero-order valence-electron chi connectivity index (χ0n) is 15.7. The summed E-state index contributed by atoms with van der Waals surface area (Å²) in [4.78, 5) is 12.5. The van der Waals surface area contributed by atoms with E-state index in [0.29, 0.717) is 18.0 Å². The maximum absolute atomic E-state index is 12.5. The molecule has 0 aliphatic carbocycles. The molecule has 0 saturated carbocycles. The lowest BCUT2D eigenvalue weighted by Gasteiger charge is -2.15. The lowest BCUT2D eigenvalue weighted by molar-refractivity contribution is -0.114. The molecule has 0 radical (unpaired) electrons. The first-order chi connectivity index (χ1) is 13.8. The van der Waals surface area contributed by atoms with Crippen molar-refractivity contribution in [2.45, 2.75) is 18.9 Å². The molecule has 3 aromatic carbocycles. The zero-order valence-corrected chi connectivity index (χ0v) is 15.7. The number of nitrogens with one attached hydrogen (secondary N) is 2. The first-order valence-corrected chi connectivity index (χ1v) is 9.64. The number of rotatable bonds is 7. The summed E-state index contributed by atoms with van der Waals surface area (Å²) in [6.45, 7) is 1.47. The first kappa shape index (κ1) is 18.3. The summed E-state index contributed by atoms with van der Waals surface area (Å²) in [5.41, 5.74) is 1.61. The fraction of sp³-hybridized carbons (Fsp3) is 0.261. The van der Waals surface area contributed by atoms with Crippen molar-refractivity contribution < 1.29 is 14.3 Å². The standard InChI is InChI=1S/C23H24N2O3/c26-23(15-24-20-12-5-8-17-7-1-2-10-19(17)20)25-21-11-3-4-13-22(21)28-16-18-9-6-14-27-18/h1-5,7-8,10-13,18,24H,6,9,14-16H2,(H,25,26). The Kier molecular flexibility index (Phi) is 5.73. The van der Waals surface area contributed by atoms with Crippen molar-refractivity contribution in [2.24, 2.45) is 0 Å². The Balaban J connectivity index is 1.37. The topological polar surface area (TPSA) is 59.6 Å². The van der Waals surface area contributed by atoms with Gasteiger partial charge in [0.05, 0.1) is 18.3 Å². The fourth-order valence-electron chi connectivity index (χ4n) is 3.40. The van der Waals surface area contributed by atoms with Crippen LogP contribution in [0.25, 0.3) is 10.8 Å². The molecule has 3 aromatic rings. The van der Waals surface area contributed by atoms with Crippen molar-refractivity contribution in [3.05, 3.63) is 66.7 Å². The average molecular weight is 376 g/mol. The molecule has 144 valence electrons. The van der Waals surface area contributed by atoms with E-state index >= 15 is 0 Å². The van der Waals surface area contributed by atoms with Crippen LogP contribution in [-0.4, -0.2) is 31.8 Å². The van der Waals surface area contributed by atoms with Gasteiger partial charge in [-0.1, -0.05) is 48.5 Å². The van der Waals surface area contributed by atoms with Gasteiger partial charge in [-0.15, -0.1) is 0 Å². The summed E-state index contributed by atoms with van der Waals surface area (Å²) in [6.07, 6.45) is 2.23. The van der Waals surface area contributed by atoms with Crippen molar-refractivity contribution in [2.75, 3.05) is 30.4 Å². The monoisotopic (exact) mass is 376 g/mol. The highest BCUT2D eigenvalue weighted by molar-refractivity contribution is 5.98. The normalized spacial score (nSPS) is 16.1. The molecular formula is C23H24N2O3. The van der Waals surface area contributed by atoms with Crippen molar-refractivity contribution >= 4 is 28.1 Å². The minimum Gasteiger partial charge on any atom is -0.489 e. The van der Waals surface area contributed by atoms with Gasteiger partial charge in [-0.3, -0.25) is 4.79 Å². The molecule has 1 aliphatic rings. The molecule has 0 bridgehead atoms. The number of para-hydroxylation sites is 2. The van der Waals surface area contributed by atoms with E-state index < -0.39 is 0 Å². The largest absolute Gasteiger partial charge is 0.489 e. The van der Waals surface area contributed by atoms with Crippen LogP contribution in [0.3, 0.4) is 0 Å². The number of amides is 1. The van der Waals surface area contributed by atoms with Crippen molar-refractivity contribution in [3.63, 3.8) is 0 Å². The quantitative estimate of drug-likeness (QED) is 0.640. The molecule has 0 aromatic heterocycles. The second kappa shape index (κ2) is 8.76. The van der Waals surface area contributed by atoms with Gasteiger partial charge in [0.25, 0.3) is 0 Å². The number of fused-ring (bicyclic) bond motifs is 1. The van der Waals surface area contributed by atoms with Gasteiger partial charge in [-0.2, -0.15) is 0 Å². The van der Waals surface area contributed by atoms with Crippen LogP contribution in [0.15, 0.2) is 66.7 Å². The highest BCUT2D eigenvalue weighted by atomic mass is 16.5. The molecule has 1 fully saturated rings. The van der Waals surface area contributed by atoms with Crippen molar-refractivity contribution in [3.8, 4) is 5.75 Å². The number of anilines is 2.